The van der Waals surface area contributed by atoms with Crippen LogP contribution in [0.1, 0.15) is 18.4 Å². The van der Waals surface area contributed by atoms with Gasteiger partial charge in [-0.05, 0) is 12.8 Å². The summed E-state index contributed by atoms with van der Waals surface area (Å²) in [6.07, 6.45) is -4.22. The molecule has 0 spiro atoms. The molecule has 136 valence electrons. The number of carbonyl (C=O) groups excluding carboxylic acids is 1. The van der Waals surface area contributed by atoms with Crippen molar-refractivity contribution < 1.29 is 27.8 Å². The van der Waals surface area contributed by atoms with Gasteiger partial charge in [-0.1, -0.05) is 0 Å². The van der Waals surface area contributed by atoms with Crippen molar-refractivity contribution in [2.75, 3.05) is 18.0 Å². The molecule has 0 aromatic heterocycles. The molecule has 0 bridgehead atoms. The lowest BCUT2D eigenvalue weighted by Gasteiger charge is -2.32. The lowest BCUT2D eigenvalue weighted by Crippen LogP contribution is -2.41. The number of halogens is 3. The number of nitrogens with zero attached hydrogens (tertiary/aromatic N) is 3. The number of benzene rings is 1. The molecule has 1 aliphatic rings. The Morgan fingerprint density at radius 2 is 1.72 bits per heavy atom. The van der Waals surface area contributed by atoms with Gasteiger partial charge < -0.3 is 10.6 Å². The highest BCUT2D eigenvalue weighted by Gasteiger charge is 2.40. The monoisotopic (exact) mass is 362 g/mol. The molecule has 9 nitrogen and oxygen atoms in total. The van der Waals surface area contributed by atoms with Gasteiger partial charge in [-0.3, -0.25) is 25.0 Å². The predicted octanol–water partition coefficient (Wildman–Crippen LogP) is 2.22. The minimum atomic E-state index is -4.98. The molecule has 2 rings (SSSR count). The number of primary amides is 1. The fourth-order valence-electron chi connectivity index (χ4n) is 2.78. The molecular weight excluding hydrogens is 349 g/mol. The number of nitrogens with two attached hydrogens (primary N) is 1. The molecule has 1 unspecified atom stereocenters. The van der Waals surface area contributed by atoms with Crippen molar-refractivity contribution in [3.8, 4) is 0 Å². The van der Waals surface area contributed by atoms with Crippen LogP contribution >= 0.6 is 0 Å². The van der Waals surface area contributed by atoms with E-state index in [-0.39, 0.29) is 25.2 Å². The summed E-state index contributed by atoms with van der Waals surface area (Å²) in [4.78, 5) is 32.8. The molecule has 1 atom stereocenters. The summed E-state index contributed by atoms with van der Waals surface area (Å²) in [6, 6.07) is 0.520. The molecule has 1 amide bonds. The zero-order valence-electron chi connectivity index (χ0n) is 12.7. The number of nitro groups is 2. The Bertz CT molecular complexity index is 702. The Kier molecular flexibility index (Phi) is 4.81. The molecule has 1 aliphatic heterocycles. The van der Waals surface area contributed by atoms with Gasteiger partial charge in [0.15, 0.2) is 5.69 Å². The van der Waals surface area contributed by atoms with Crippen molar-refractivity contribution in [1.29, 1.82) is 0 Å². The van der Waals surface area contributed by atoms with Gasteiger partial charge in [-0.15, -0.1) is 0 Å². The number of hydrogen-bond donors (Lipinski definition) is 1. The van der Waals surface area contributed by atoms with Crippen LogP contribution in [0.15, 0.2) is 12.1 Å². The molecule has 12 heteroatoms. The number of nitro benzene ring substituents is 2. The summed E-state index contributed by atoms with van der Waals surface area (Å²) >= 11 is 0. The van der Waals surface area contributed by atoms with Crippen LogP contribution in [0.3, 0.4) is 0 Å². The van der Waals surface area contributed by atoms with E-state index in [2.05, 4.69) is 0 Å². The Balaban J connectivity index is 2.64. The van der Waals surface area contributed by atoms with Gasteiger partial charge in [0, 0.05) is 25.2 Å². The Labute approximate surface area is 138 Å². The summed E-state index contributed by atoms with van der Waals surface area (Å²) in [7, 11) is 0. The van der Waals surface area contributed by atoms with E-state index in [0.717, 1.165) is 0 Å². The zero-order chi connectivity index (χ0) is 18.9. The van der Waals surface area contributed by atoms with Crippen LogP contribution in [0.25, 0.3) is 0 Å². The quantitative estimate of drug-likeness (QED) is 0.645. The Morgan fingerprint density at radius 1 is 1.20 bits per heavy atom. The lowest BCUT2D eigenvalue weighted by molar-refractivity contribution is -0.393. The molecule has 1 fully saturated rings. The van der Waals surface area contributed by atoms with Crippen molar-refractivity contribution in [2.45, 2.75) is 19.0 Å². The molecule has 1 aromatic rings. The van der Waals surface area contributed by atoms with Crippen LogP contribution in [0, 0.1) is 26.1 Å². The van der Waals surface area contributed by atoms with Gasteiger partial charge in [0.2, 0.25) is 5.91 Å². The number of hydrogen-bond acceptors (Lipinski definition) is 6. The van der Waals surface area contributed by atoms with Crippen LogP contribution in [-0.2, 0) is 11.0 Å². The molecule has 0 saturated carbocycles. The van der Waals surface area contributed by atoms with E-state index in [9.17, 15) is 38.2 Å². The third-order valence-corrected chi connectivity index (χ3v) is 3.93. The summed E-state index contributed by atoms with van der Waals surface area (Å²) in [5, 5.41) is 22.5. The second kappa shape index (κ2) is 6.53. The zero-order valence-corrected chi connectivity index (χ0v) is 12.7. The molecule has 1 aromatic carbocycles. The number of rotatable bonds is 4. The number of alkyl halides is 3. The SMILES string of the molecule is NC(=O)C1CCCN(c2c([N+](=O)[O-])cc(C(F)(F)F)cc2[N+](=O)[O-])C1. The molecule has 0 aliphatic carbocycles. The Morgan fingerprint density at radius 3 is 2.12 bits per heavy atom. The first kappa shape index (κ1) is 18.4. The number of piperidine rings is 1. The van der Waals surface area contributed by atoms with Crippen molar-refractivity contribution in [3.63, 3.8) is 0 Å². The largest absolute Gasteiger partial charge is 0.416 e. The van der Waals surface area contributed by atoms with Gasteiger partial charge in [0.05, 0.1) is 21.3 Å². The fraction of sp³-hybridized carbons (Fsp3) is 0.462. The number of amides is 1. The molecular formula is C13H13F3N4O5. The van der Waals surface area contributed by atoms with E-state index >= 15 is 0 Å². The first-order valence-corrected chi connectivity index (χ1v) is 7.10. The molecule has 2 N–H and O–H groups in total. The van der Waals surface area contributed by atoms with Gasteiger partial charge in [0.1, 0.15) is 0 Å². The summed E-state index contributed by atoms with van der Waals surface area (Å²) < 4.78 is 38.7. The highest BCUT2D eigenvalue weighted by atomic mass is 19.4. The van der Waals surface area contributed by atoms with Gasteiger partial charge >= 0.3 is 6.18 Å². The molecule has 1 heterocycles. The van der Waals surface area contributed by atoms with Gasteiger partial charge in [0.25, 0.3) is 11.4 Å². The maximum absolute atomic E-state index is 12.9. The van der Waals surface area contributed by atoms with E-state index in [1.807, 2.05) is 0 Å². The third kappa shape index (κ3) is 3.78. The van der Waals surface area contributed by atoms with Crippen LogP contribution < -0.4 is 10.6 Å². The third-order valence-electron chi connectivity index (χ3n) is 3.93. The van der Waals surface area contributed by atoms with Crippen LogP contribution in [0.4, 0.5) is 30.2 Å². The van der Waals surface area contributed by atoms with E-state index in [0.29, 0.717) is 12.8 Å². The van der Waals surface area contributed by atoms with E-state index in [1.54, 1.807) is 0 Å². The van der Waals surface area contributed by atoms with Crippen LogP contribution in [-0.4, -0.2) is 28.8 Å². The van der Waals surface area contributed by atoms with Crippen molar-refractivity contribution in [2.24, 2.45) is 11.7 Å². The predicted molar refractivity (Wildman–Crippen MR) is 78.9 cm³/mol. The van der Waals surface area contributed by atoms with E-state index < -0.39 is 50.5 Å². The summed E-state index contributed by atoms with van der Waals surface area (Å²) in [5.74, 6) is -1.38. The topological polar surface area (TPSA) is 133 Å². The van der Waals surface area contributed by atoms with E-state index in [4.69, 9.17) is 5.73 Å². The normalized spacial score (nSPS) is 18.0. The minimum Gasteiger partial charge on any atom is -0.369 e. The number of anilines is 1. The standard InChI is InChI=1S/C13H13F3N4O5/c14-13(15,16)8-4-9(19(22)23)11(10(5-8)20(24)25)18-3-1-2-7(6-18)12(17)21/h4-5,7H,1-3,6H2,(H2,17,21). The Hall–Kier alpha value is -2.92. The van der Waals surface area contributed by atoms with Crippen molar-refractivity contribution in [3.05, 3.63) is 37.9 Å². The van der Waals surface area contributed by atoms with Crippen LogP contribution in [0.2, 0.25) is 0 Å². The first-order chi connectivity index (χ1) is 11.5. The molecule has 0 radical (unpaired) electrons. The second-order valence-electron chi connectivity index (χ2n) is 5.56. The minimum absolute atomic E-state index is 0.122. The maximum atomic E-state index is 12.9. The highest BCUT2D eigenvalue weighted by molar-refractivity contribution is 5.80. The summed E-state index contributed by atoms with van der Waals surface area (Å²) in [5.41, 5.74) is 1.10. The smallest absolute Gasteiger partial charge is 0.369 e. The second-order valence-corrected chi connectivity index (χ2v) is 5.56. The van der Waals surface area contributed by atoms with Crippen molar-refractivity contribution in [1.82, 2.24) is 0 Å². The van der Waals surface area contributed by atoms with Crippen LogP contribution in [0.5, 0.6) is 0 Å². The average molecular weight is 362 g/mol. The molecule has 25 heavy (non-hydrogen) atoms. The fourth-order valence-corrected chi connectivity index (χ4v) is 2.78. The van der Waals surface area contributed by atoms with Gasteiger partial charge in [-0.2, -0.15) is 13.2 Å². The average Bonchev–Trinajstić information content (AvgIpc) is 2.52. The maximum Gasteiger partial charge on any atom is 0.416 e. The van der Waals surface area contributed by atoms with E-state index in [1.165, 1.54) is 4.90 Å². The first-order valence-electron chi connectivity index (χ1n) is 7.10. The molecule has 1 saturated heterocycles. The number of carbonyl (C=O) groups is 1. The summed E-state index contributed by atoms with van der Waals surface area (Å²) in [6.45, 7) is -0.0147. The van der Waals surface area contributed by atoms with Crippen molar-refractivity contribution >= 4 is 23.0 Å². The lowest BCUT2D eigenvalue weighted by atomic mass is 9.96. The van der Waals surface area contributed by atoms with Gasteiger partial charge in [-0.25, -0.2) is 0 Å². The highest BCUT2D eigenvalue weighted by Crippen LogP contribution is 2.44.